The molecule has 30 heavy (non-hydrogen) atoms. The van der Waals surface area contributed by atoms with Gasteiger partial charge in [-0.25, -0.2) is 4.98 Å². The molecule has 2 atom stereocenters. The van der Waals surface area contributed by atoms with Crippen molar-refractivity contribution in [3.63, 3.8) is 0 Å². The summed E-state index contributed by atoms with van der Waals surface area (Å²) in [5.74, 6) is 8.86. The summed E-state index contributed by atoms with van der Waals surface area (Å²) in [4.78, 5) is 8.85. The zero-order chi connectivity index (χ0) is 21.5. The molecule has 2 unspecified atom stereocenters. The van der Waals surface area contributed by atoms with Gasteiger partial charge in [0.25, 0.3) is 0 Å². The first kappa shape index (κ1) is 21.7. The van der Waals surface area contributed by atoms with Gasteiger partial charge in [0.05, 0.1) is 11.3 Å². The highest BCUT2D eigenvalue weighted by molar-refractivity contribution is 5.68. The van der Waals surface area contributed by atoms with E-state index in [4.69, 9.17) is 5.73 Å². The monoisotopic (exact) mass is 405 g/mol. The molecule has 0 saturated carbocycles. The van der Waals surface area contributed by atoms with Crippen molar-refractivity contribution < 1.29 is 5.11 Å². The number of imidazole rings is 1. The molecule has 158 valence electrons. The van der Waals surface area contributed by atoms with Crippen LogP contribution >= 0.6 is 0 Å². The number of hydrogen-bond donors (Lipinski definition) is 3. The first-order valence-electron chi connectivity index (χ1n) is 10.7. The summed E-state index contributed by atoms with van der Waals surface area (Å²) >= 11 is 0. The summed E-state index contributed by atoms with van der Waals surface area (Å²) in [6.07, 6.45) is 6.94. The highest BCUT2D eigenvalue weighted by Gasteiger charge is 2.16. The number of rotatable bonds is 2. The standard InChI is InChI=1S/C22H25N5O.C2H6/c1-15-11-16(9-10-24-12-15)5-4-6-17-13-27-14-19(25-22(27)26-21(17)23)18-7-2-3-8-20(18)28;1-2/h2-3,7-8,13-16,24,28H,5,9-12H2,1H3,(H2,23,25,26);1-2H3. The largest absolute Gasteiger partial charge is 0.507 e. The molecule has 1 aromatic carbocycles. The Kier molecular flexibility index (Phi) is 7.31. The van der Waals surface area contributed by atoms with Gasteiger partial charge in [-0.05, 0) is 49.9 Å². The lowest BCUT2D eigenvalue weighted by atomic mass is 9.92. The van der Waals surface area contributed by atoms with Gasteiger partial charge in [-0.3, -0.25) is 4.40 Å². The van der Waals surface area contributed by atoms with E-state index in [-0.39, 0.29) is 5.75 Å². The first-order chi connectivity index (χ1) is 14.6. The van der Waals surface area contributed by atoms with Gasteiger partial charge in [-0.1, -0.05) is 44.7 Å². The van der Waals surface area contributed by atoms with Crippen molar-refractivity contribution in [1.82, 2.24) is 19.7 Å². The van der Waals surface area contributed by atoms with Gasteiger partial charge in [-0.15, -0.1) is 0 Å². The van der Waals surface area contributed by atoms with Crippen molar-refractivity contribution >= 4 is 11.6 Å². The fraction of sp³-hybridized carbons (Fsp3) is 0.417. The van der Waals surface area contributed by atoms with Gasteiger partial charge in [0.15, 0.2) is 0 Å². The number of aromatic nitrogens is 3. The molecule has 6 nitrogen and oxygen atoms in total. The SMILES string of the molecule is CC.CC1CNCCC(CC#Cc2cn3cc(-c4ccccc4O)nc3nc2N)C1. The number of para-hydroxylation sites is 1. The van der Waals surface area contributed by atoms with Crippen LogP contribution in [-0.4, -0.2) is 32.6 Å². The van der Waals surface area contributed by atoms with Crippen LogP contribution < -0.4 is 11.1 Å². The zero-order valence-corrected chi connectivity index (χ0v) is 18.0. The van der Waals surface area contributed by atoms with E-state index in [0.717, 1.165) is 25.9 Å². The number of nitrogen functional groups attached to an aromatic ring is 1. The van der Waals surface area contributed by atoms with Crippen LogP contribution in [0.4, 0.5) is 5.82 Å². The quantitative estimate of drug-likeness (QED) is 0.559. The molecule has 3 aromatic rings. The first-order valence-corrected chi connectivity index (χ1v) is 10.7. The Morgan fingerprint density at radius 3 is 2.83 bits per heavy atom. The molecule has 0 bridgehead atoms. The summed E-state index contributed by atoms with van der Waals surface area (Å²) in [6, 6.07) is 7.11. The molecule has 0 aliphatic carbocycles. The van der Waals surface area contributed by atoms with E-state index in [9.17, 15) is 5.11 Å². The summed E-state index contributed by atoms with van der Waals surface area (Å²) in [5, 5.41) is 13.5. The lowest BCUT2D eigenvalue weighted by molar-refractivity contribution is 0.418. The molecule has 6 heteroatoms. The number of aromatic hydroxyl groups is 1. The van der Waals surface area contributed by atoms with E-state index < -0.39 is 0 Å². The molecule has 4 rings (SSSR count). The maximum Gasteiger partial charge on any atom is 0.236 e. The minimum absolute atomic E-state index is 0.186. The maximum atomic E-state index is 10.1. The molecule has 1 aliphatic heterocycles. The predicted molar refractivity (Wildman–Crippen MR) is 122 cm³/mol. The number of phenols is 1. The molecule has 0 spiro atoms. The van der Waals surface area contributed by atoms with Crippen LogP contribution in [0.3, 0.4) is 0 Å². The molecule has 2 aromatic heterocycles. The van der Waals surface area contributed by atoms with Crippen molar-refractivity contribution in [3.05, 3.63) is 42.2 Å². The molecule has 1 aliphatic rings. The van der Waals surface area contributed by atoms with Gasteiger partial charge in [0, 0.05) is 24.4 Å². The van der Waals surface area contributed by atoms with Gasteiger partial charge < -0.3 is 16.2 Å². The second-order valence-electron chi connectivity index (χ2n) is 7.60. The average molecular weight is 406 g/mol. The molecule has 4 N–H and O–H groups in total. The van der Waals surface area contributed by atoms with Crippen LogP contribution in [0.25, 0.3) is 17.0 Å². The fourth-order valence-corrected chi connectivity index (χ4v) is 3.75. The maximum absolute atomic E-state index is 10.1. The third-order valence-corrected chi connectivity index (χ3v) is 5.23. The number of nitrogens with two attached hydrogens (primary N) is 1. The summed E-state index contributed by atoms with van der Waals surface area (Å²) < 4.78 is 1.81. The fourth-order valence-electron chi connectivity index (χ4n) is 3.75. The van der Waals surface area contributed by atoms with Crippen molar-refractivity contribution in [2.24, 2.45) is 11.8 Å². The van der Waals surface area contributed by atoms with Crippen molar-refractivity contribution in [3.8, 4) is 28.8 Å². The predicted octanol–water partition coefficient (Wildman–Crippen LogP) is 4.09. The second kappa shape index (κ2) is 10.1. The highest BCUT2D eigenvalue weighted by Crippen LogP contribution is 2.28. The number of nitrogens with zero attached hydrogens (tertiary/aromatic N) is 3. The van der Waals surface area contributed by atoms with E-state index in [1.807, 2.05) is 38.4 Å². The Hall–Kier alpha value is -3.04. The van der Waals surface area contributed by atoms with Gasteiger partial charge >= 0.3 is 0 Å². The third kappa shape index (κ3) is 5.11. The summed E-state index contributed by atoms with van der Waals surface area (Å²) in [5.41, 5.74) is 8.12. The Bertz CT molecular complexity index is 1050. The second-order valence-corrected chi connectivity index (χ2v) is 7.60. The molecule has 1 fully saturated rings. The zero-order valence-electron chi connectivity index (χ0n) is 18.0. The van der Waals surface area contributed by atoms with Crippen molar-refractivity contribution in [1.29, 1.82) is 0 Å². The smallest absolute Gasteiger partial charge is 0.236 e. The number of fused-ring (bicyclic) bond motifs is 1. The highest BCUT2D eigenvalue weighted by atomic mass is 16.3. The Morgan fingerprint density at radius 2 is 2.03 bits per heavy atom. The minimum Gasteiger partial charge on any atom is -0.507 e. The number of anilines is 1. The number of hydrogen-bond acceptors (Lipinski definition) is 5. The summed E-state index contributed by atoms with van der Waals surface area (Å²) in [7, 11) is 0. The number of phenolic OH excluding ortho intramolecular Hbond substituents is 1. The molecule has 0 radical (unpaired) electrons. The minimum atomic E-state index is 0.186. The lowest BCUT2D eigenvalue weighted by Gasteiger charge is -2.12. The molecular formula is C24H31N5O. The molecule has 3 heterocycles. The molecular weight excluding hydrogens is 374 g/mol. The Morgan fingerprint density at radius 1 is 1.23 bits per heavy atom. The van der Waals surface area contributed by atoms with Crippen LogP contribution in [0.1, 0.15) is 45.6 Å². The van der Waals surface area contributed by atoms with Crippen molar-refractivity contribution in [2.45, 2.75) is 40.0 Å². The lowest BCUT2D eigenvalue weighted by Crippen LogP contribution is -2.18. The van der Waals surface area contributed by atoms with E-state index in [2.05, 4.69) is 34.0 Å². The van der Waals surface area contributed by atoms with Crippen LogP contribution in [-0.2, 0) is 0 Å². The van der Waals surface area contributed by atoms with Crippen LogP contribution in [0.2, 0.25) is 0 Å². The van der Waals surface area contributed by atoms with E-state index >= 15 is 0 Å². The average Bonchev–Trinajstić information content (AvgIpc) is 3.03. The Labute approximate surface area is 178 Å². The number of nitrogens with one attached hydrogen (secondary N) is 1. The Balaban J connectivity index is 0.00000124. The van der Waals surface area contributed by atoms with Crippen LogP contribution in [0.15, 0.2) is 36.7 Å². The van der Waals surface area contributed by atoms with Gasteiger partial charge in [0.2, 0.25) is 5.78 Å². The van der Waals surface area contributed by atoms with Gasteiger partial charge in [0.1, 0.15) is 11.6 Å². The van der Waals surface area contributed by atoms with Crippen LogP contribution in [0, 0.1) is 23.7 Å². The number of benzene rings is 1. The normalized spacial score (nSPS) is 18.6. The van der Waals surface area contributed by atoms with Crippen LogP contribution in [0.5, 0.6) is 5.75 Å². The van der Waals surface area contributed by atoms with E-state index in [1.54, 1.807) is 16.5 Å². The third-order valence-electron chi connectivity index (χ3n) is 5.23. The summed E-state index contributed by atoms with van der Waals surface area (Å²) in [6.45, 7) is 8.45. The van der Waals surface area contributed by atoms with Crippen molar-refractivity contribution in [2.75, 3.05) is 18.8 Å². The van der Waals surface area contributed by atoms with Gasteiger partial charge in [-0.2, -0.15) is 4.98 Å². The molecule has 1 saturated heterocycles. The van der Waals surface area contributed by atoms with E-state index in [0.29, 0.717) is 40.3 Å². The topological polar surface area (TPSA) is 88.5 Å². The van der Waals surface area contributed by atoms with E-state index in [1.165, 1.54) is 6.42 Å². The molecule has 0 amide bonds.